The summed E-state index contributed by atoms with van der Waals surface area (Å²) >= 11 is 0. The van der Waals surface area contributed by atoms with Gasteiger partial charge in [0.1, 0.15) is 17.9 Å². The molecule has 0 aliphatic heterocycles. The van der Waals surface area contributed by atoms with Crippen molar-refractivity contribution in [1.29, 1.82) is 0 Å². The molecule has 0 saturated heterocycles. The van der Waals surface area contributed by atoms with Crippen LogP contribution in [-0.2, 0) is 11.3 Å². The molecule has 7 heteroatoms. The van der Waals surface area contributed by atoms with Crippen molar-refractivity contribution in [2.24, 2.45) is 0 Å². The number of esters is 1. The molecule has 7 nitrogen and oxygen atoms in total. The molecule has 4 rings (SSSR count). The van der Waals surface area contributed by atoms with E-state index in [1.807, 2.05) is 0 Å². The van der Waals surface area contributed by atoms with E-state index in [1.165, 1.54) is 13.2 Å². The van der Waals surface area contributed by atoms with Gasteiger partial charge in [-0.2, -0.15) is 4.73 Å². The number of carbonyl (C=O) groups is 2. The number of rotatable bonds is 6. The van der Waals surface area contributed by atoms with Crippen LogP contribution in [0.25, 0.3) is 11.0 Å². The van der Waals surface area contributed by atoms with Crippen molar-refractivity contribution in [3.63, 3.8) is 0 Å². The lowest BCUT2D eigenvalue weighted by Gasteiger charge is -2.12. The molecule has 0 saturated carbocycles. The molecule has 0 atom stereocenters. The van der Waals surface area contributed by atoms with Gasteiger partial charge in [0.2, 0.25) is 5.52 Å². The second-order valence-electron chi connectivity index (χ2n) is 6.69. The number of ketones is 1. The van der Waals surface area contributed by atoms with Gasteiger partial charge in [0, 0.05) is 5.56 Å². The summed E-state index contributed by atoms with van der Waals surface area (Å²) in [7, 11) is 1.48. The summed E-state index contributed by atoms with van der Waals surface area (Å²) in [4.78, 5) is 30.0. The van der Waals surface area contributed by atoms with Crippen LogP contribution < -0.4 is 9.47 Å². The van der Waals surface area contributed by atoms with Crippen molar-refractivity contribution in [3.05, 3.63) is 107 Å². The predicted octanol–water partition coefficient (Wildman–Crippen LogP) is 3.46. The number of aromatic nitrogens is 2. The van der Waals surface area contributed by atoms with Crippen molar-refractivity contribution >= 4 is 22.8 Å². The Kier molecular flexibility index (Phi) is 5.57. The first-order valence-corrected chi connectivity index (χ1v) is 9.50. The molecule has 1 aromatic heterocycles. The minimum atomic E-state index is -0.576. The first-order valence-electron chi connectivity index (χ1n) is 9.50. The molecule has 1 heterocycles. The topological polar surface area (TPSA) is 92.4 Å². The van der Waals surface area contributed by atoms with Crippen LogP contribution in [0, 0.1) is 5.21 Å². The van der Waals surface area contributed by atoms with E-state index >= 15 is 0 Å². The van der Waals surface area contributed by atoms with E-state index in [0.29, 0.717) is 27.1 Å². The van der Waals surface area contributed by atoms with Crippen LogP contribution in [0.2, 0.25) is 0 Å². The Labute approximate surface area is 178 Å². The molecule has 0 fully saturated rings. The van der Waals surface area contributed by atoms with E-state index in [-0.39, 0.29) is 23.5 Å². The Morgan fingerprint density at radius 3 is 2.23 bits per heavy atom. The second-order valence-corrected chi connectivity index (χ2v) is 6.69. The molecule has 31 heavy (non-hydrogen) atoms. The van der Waals surface area contributed by atoms with E-state index in [1.54, 1.807) is 72.8 Å². The van der Waals surface area contributed by atoms with Crippen molar-refractivity contribution in [2.75, 3.05) is 7.11 Å². The molecule has 0 spiro atoms. The lowest BCUT2D eigenvalue weighted by molar-refractivity contribution is -0.580. The molecule has 0 amide bonds. The maximum absolute atomic E-state index is 13.2. The van der Waals surface area contributed by atoms with Crippen LogP contribution in [0.4, 0.5) is 0 Å². The Morgan fingerprint density at radius 2 is 1.58 bits per heavy atom. The SMILES string of the molecule is COc1ccc2nc(COC(=O)c3ccccc3)c(C(=O)c3ccccc3)[n+]([O-])c2c1. The number of fused-ring (bicyclic) bond motifs is 1. The van der Waals surface area contributed by atoms with Crippen molar-refractivity contribution in [1.82, 2.24) is 4.98 Å². The molecule has 0 aliphatic carbocycles. The number of hydrogen-bond donors (Lipinski definition) is 0. The zero-order valence-corrected chi connectivity index (χ0v) is 16.6. The molecule has 3 aromatic carbocycles. The van der Waals surface area contributed by atoms with Gasteiger partial charge in [0.05, 0.1) is 18.7 Å². The standard InChI is InChI=1S/C24H18N2O5/c1-30-18-12-13-19-21(14-18)26(29)22(23(27)16-8-4-2-5-9-16)20(25-19)15-31-24(28)17-10-6-3-7-11-17/h2-14H,15H2,1H3. The molecular weight excluding hydrogens is 396 g/mol. The molecule has 0 N–H and O–H groups in total. The number of methoxy groups -OCH3 is 1. The van der Waals surface area contributed by atoms with Crippen LogP contribution >= 0.6 is 0 Å². The van der Waals surface area contributed by atoms with E-state index in [4.69, 9.17) is 9.47 Å². The summed E-state index contributed by atoms with van der Waals surface area (Å²) in [6.07, 6.45) is 0. The highest BCUT2D eigenvalue weighted by molar-refractivity contribution is 6.07. The van der Waals surface area contributed by atoms with E-state index < -0.39 is 11.8 Å². The fraction of sp³-hybridized carbons (Fsp3) is 0.0833. The smallest absolute Gasteiger partial charge is 0.338 e. The molecule has 4 aromatic rings. The van der Waals surface area contributed by atoms with E-state index in [9.17, 15) is 14.8 Å². The maximum Gasteiger partial charge on any atom is 0.338 e. The van der Waals surface area contributed by atoms with Gasteiger partial charge in [0.25, 0.3) is 11.5 Å². The van der Waals surface area contributed by atoms with Crippen LogP contribution in [-0.4, -0.2) is 23.8 Å². The number of ether oxygens (including phenoxy) is 2. The highest BCUT2D eigenvalue weighted by atomic mass is 16.5. The first-order chi connectivity index (χ1) is 15.1. The fourth-order valence-corrected chi connectivity index (χ4v) is 3.17. The van der Waals surface area contributed by atoms with Gasteiger partial charge in [-0.25, -0.2) is 9.78 Å². The van der Waals surface area contributed by atoms with Gasteiger partial charge in [-0.1, -0.05) is 48.5 Å². The van der Waals surface area contributed by atoms with Crippen molar-refractivity contribution in [2.45, 2.75) is 6.61 Å². The first kappa shape index (κ1) is 20.0. The molecule has 154 valence electrons. The van der Waals surface area contributed by atoms with Gasteiger partial charge < -0.3 is 14.7 Å². The van der Waals surface area contributed by atoms with Crippen LogP contribution in [0.15, 0.2) is 78.9 Å². The zero-order valence-electron chi connectivity index (χ0n) is 16.6. The normalized spacial score (nSPS) is 10.6. The van der Waals surface area contributed by atoms with Gasteiger partial charge in [-0.15, -0.1) is 0 Å². The third-order valence-electron chi connectivity index (χ3n) is 4.73. The Hall–Kier alpha value is -4.26. The van der Waals surface area contributed by atoms with Gasteiger partial charge in [-0.3, -0.25) is 4.79 Å². The number of carbonyl (C=O) groups excluding carboxylic acids is 2. The molecular formula is C24H18N2O5. The largest absolute Gasteiger partial charge is 0.618 e. The average Bonchev–Trinajstić information content (AvgIpc) is 2.83. The maximum atomic E-state index is 13.2. The van der Waals surface area contributed by atoms with Crippen LogP contribution in [0.1, 0.15) is 32.1 Å². The molecule has 0 bridgehead atoms. The van der Waals surface area contributed by atoms with Gasteiger partial charge in [0.15, 0.2) is 5.69 Å². The molecule has 0 unspecified atom stereocenters. The predicted molar refractivity (Wildman–Crippen MR) is 113 cm³/mol. The quantitative estimate of drug-likeness (QED) is 0.208. The summed E-state index contributed by atoms with van der Waals surface area (Å²) in [6, 6.07) is 21.6. The Morgan fingerprint density at radius 1 is 0.935 bits per heavy atom. The summed E-state index contributed by atoms with van der Waals surface area (Å²) in [6.45, 7) is -0.328. The highest BCUT2D eigenvalue weighted by Gasteiger charge is 2.28. The number of benzene rings is 3. The van der Waals surface area contributed by atoms with Gasteiger partial charge in [-0.05, 0) is 24.3 Å². The van der Waals surface area contributed by atoms with Crippen LogP contribution in [0.3, 0.4) is 0 Å². The van der Waals surface area contributed by atoms with E-state index in [0.717, 1.165) is 0 Å². The Balaban J connectivity index is 1.78. The molecule has 0 radical (unpaired) electrons. The fourth-order valence-electron chi connectivity index (χ4n) is 3.17. The summed E-state index contributed by atoms with van der Waals surface area (Å²) in [5.41, 5.74) is 1.09. The Bertz CT molecular complexity index is 1260. The van der Waals surface area contributed by atoms with E-state index in [2.05, 4.69) is 4.98 Å². The average molecular weight is 414 g/mol. The lowest BCUT2D eigenvalue weighted by Crippen LogP contribution is -2.38. The molecule has 0 aliphatic rings. The zero-order chi connectivity index (χ0) is 21.8. The summed E-state index contributed by atoms with van der Waals surface area (Å²) in [5.74, 6) is -0.633. The number of nitrogens with zero attached hydrogens (tertiary/aromatic N) is 2. The minimum Gasteiger partial charge on any atom is -0.618 e. The van der Waals surface area contributed by atoms with Gasteiger partial charge >= 0.3 is 5.97 Å². The monoisotopic (exact) mass is 414 g/mol. The summed E-state index contributed by atoms with van der Waals surface area (Å²) < 4.78 is 11.1. The highest BCUT2D eigenvalue weighted by Crippen LogP contribution is 2.20. The number of hydrogen-bond acceptors (Lipinski definition) is 6. The lowest BCUT2D eigenvalue weighted by atomic mass is 10.1. The van der Waals surface area contributed by atoms with Crippen molar-refractivity contribution in [3.8, 4) is 5.75 Å². The second kappa shape index (κ2) is 8.62. The minimum absolute atomic E-state index is 0.0748. The third-order valence-corrected chi connectivity index (χ3v) is 4.73. The summed E-state index contributed by atoms with van der Waals surface area (Å²) in [5, 5.41) is 13.2. The van der Waals surface area contributed by atoms with Crippen LogP contribution in [0.5, 0.6) is 5.75 Å². The van der Waals surface area contributed by atoms with Crippen molar-refractivity contribution < 1.29 is 23.8 Å². The third kappa shape index (κ3) is 4.06.